The zero-order valence-corrected chi connectivity index (χ0v) is 10.0. The summed E-state index contributed by atoms with van der Waals surface area (Å²) >= 11 is 0. The van der Waals surface area contributed by atoms with E-state index in [0.29, 0.717) is 6.42 Å². The van der Waals surface area contributed by atoms with Gasteiger partial charge in [-0.25, -0.2) is 10.4 Å². The normalized spacial score (nSPS) is 31.3. The lowest BCUT2D eigenvalue weighted by Gasteiger charge is -2.29. The SMILES string of the molecule is O=C1CC(NN2CCCCC2)C(=O)N1C1CC1. The fourth-order valence-corrected chi connectivity index (χ4v) is 2.71. The monoisotopic (exact) mass is 237 g/mol. The van der Waals surface area contributed by atoms with Gasteiger partial charge in [0.1, 0.15) is 6.04 Å². The molecular weight excluding hydrogens is 218 g/mol. The van der Waals surface area contributed by atoms with Gasteiger partial charge >= 0.3 is 0 Å². The minimum Gasteiger partial charge on any atom is -0.278 e. The van der Waals surface area contributed by atoms with Crippen molar-refractivity contribution in [1.29, 1.82) is 0 Å². The van der Waals surface area contributed by atoms with Crippen molar-refractivity contribution in [3.63, 3.8) is 0 Å². The van der Waals surface area contributed by atoms with Gasteiger partial charge in [-0.05, 0) is 25.7 Å². The third kappa shape index (κ3) is 2.21. The molecule has 3 aliphatic rings. The molecule has 0 radical (unpaired) electrons. The molecule has 94 valence electrons. The van der Waals surface area contributed by atoms with Crippen molar-refractivity contribution in [2.24, 2.45) is 0 Å². The molecule has 0 aromatic carbocycles. The lowest BCUT2D eigenvalue weighted by molar-refractivity contribution is -0.139. The molecule has 2 amide bonds. The maximum atomic E-state index is 12.1. The number of rotatable bonds is 3. The Balaban J connectivity index is 1.60. The Morgan fingerprint density at radius 3 is 2.41 bits per heavy atom. The Labute approximate surface area is 101 Å². The van der Waals surface area contributed by atoms with E-state index < -0.39 is 0 Å². The number of carbonyl (C=O) groups is 2. The lowest BCUT2D eigenvalue weighted by atomic mass is 10.1. The number of imide groups is 1. The zero-order chi connectivity index (χ0) is 11.8. The van der Waals surface area contributed by atoms with Crippen LogP contribution >= 0.6 is 0 Å². The van der Waals surface area contributed by atoms with Gasteiger partial charge in [-0.2, -0.15) is 0 Å². The number of piperidine rings is 1. The van der Waals surface area contributed by atoms with Crippen LogP contribution < -0.4 is 5.43 Å². The van der Waals surface area contributed by atoms with E-state index in [9.17, 15) is 9.59 Å². The third-order valence-corrected chi connectivity index (χ3v) is 3.79. The van der Waals surface area contributed by atoms with Crippen LogP contribution in [0.25, 0.3) is 0 Å². The number of nitrogens with one attached hydrogen (secondary N) is 1. The Kier molecular flexibility index (Phi) is 2.88. The van der Waals surface area contributed by atoms with E-state index in [4.69, 9.17) is 0 Å². The van der Waals surface area contributed by atoms with E-state index in [2.05, 4.69) is 10.4 Å². The summed E-state index contributed by atoms with van der Waals surface area (Å²) in [6.45, 7) is 1.97. The molecule has 1 atom stereocenters. The fraction of sp³-hybridized carbons (Fsp3) is 0.833. The van der Waals surface area contributed by atoms with Crippen LogP contribution in [0.15, 0.2) is 0 Å². The molecule has 0 aromatic rings. The quantitative estimate of drug-likeness (QED) is 0.716. The van der Waals surface area contributed by atoms with E-state index in [1.165, 1.54) is 24.2 Å². The van der Waals surface area contributed by atoms with Crippen LogP contribution in [0.4, 0.5) is 0 Å². The van der Waals surface area contributed by atoms with Crippen LogP contribution in [-0.4, -0.2) is 46.9 Å². The summed E-state index contributed by atoms with van der Waals surface area (Å²) in [5.41, 5.74) is 3.23. The maximum absolute atomic E-state index is 12.1. The molecule has 2 aliphatic heterocycles. The molecule has 1 saturated carbocycles. The van der Waals surface area contributed by atoms with Gasteiger partial charge in [-0.3, -0.25) is 14.5 Å². The first-order valence-electron chi connectivity index (χ1n) is 6.63. The molecule has 2 heterocycles. The highest BCUT2D eigenvalue weighted by Gasteiger charge is 2.46. The minimum absolute atomic E-state index is 0.00649. The second-order valence-electron chi connectivity index (χ2n) is 5.27. The predicted molar refractivity (Wildman–Crippen MR) is 61.8 cm³/mol. The number of carbonyl (C=O) groups excluding carboxylic acids is 2. The molecule has 1 aliphatic carbocycles. The van der Waals surface area contributed by atoms with Gasteiger partial charge in [-0.1, -0.05) is 6.42 Å². The number of nitrogens with zero attached hydrogens (tertiary/aromatic N) is 2. The highest BCUT2D eigenvalue weighted by atomic mass is 16.2. The first-order chi connectivity index (χ1) is 8.25. The van der Waals surface area contributed by atoms with Crippen LogP contribution in [0.5, 0.6) is 0 Å². The average molecular weight is 237 g/mol. The first-order valence-corrected chi connectivity index (χ1v) is 6.63. The standard InChI is InChI=1S/C12H19N3O2/c16-11-8-10(12(17)15(11)9-4-5-9)13-14-6-2-1-3-7-14/h9-10,13H,1-8H2. The number of amides is 2. The molecule has 0 aromatic heterocycles. The maximum Gasteiger partial charge on any atom is 0.248 e. The number of hydrogen-bond donors (Lipinski definition) is 1. The molecule has 5 nitrogen and oxygen atoms in total. The summed E-state index contributed by atoms with van der Waals surface area (Å²) in [5.74, 6) is -0.00455. The molecule has 1 N–H and O–H groups in total. The Hall–Kier alpha value is -0.940. The summed E-state index contributed by atoms with van der Waals surface area (Å²) in [4.78, 5) is 25.3. The van der Waals surface area contributed by atoms with Crippen molar-refractivity contribution in [1.82, 2.24) is 15.3 Å². The summed E-state index contributed by atoms with van der Waals surface area (Å²) in [5, 5.41) is 2.11. The lowest BCUT2D eigenvalue weighted by Crippen LogP contribution is -2.50. The van der Waals surface area contributed by atoms with E-state index in [1.54, 1.807) is 0 Å². The average Bonchev–Trinajstić information content (AvgIpc) is 3.10. The molecular formula is C12H19N3O2. The summed E-state index contributed by atoms with van der Waals surface area (Å²) < 4.78 is 0. The van der Waals surface area contributed by atoms with Gasteiger partial charge < -0.3 is 0 Å². The highest BCUT2D eigenvalue weighted by molar-refractivity contribution is 6.06. The number of hydrogen-bond acceptors (Lipinski definition) is 4. The van der Waals surface area contributed by atoms with E-state index >= 15 is 0 Å². The molecule has 3 fully saturated rings. The second kappa shape index (κ2) is 4.38. The number of hydrazine groups is 1. The molecule has 3 rings (SSSR count). The fourth-order valence-electron chi connectivity index (χ4n) is 2.71. The molecule has 1 unspecified atom stereocenters. The van der Waals surface area contributed by atoms with Gasteiger partial charge in [0.15, 0.2) is 0 Å². The van der Waals surface area contributed by atoms with Gasteiger partial charge in [0, 0.05) is 19.1 Å². The van der Waals surface area contributed by atoms with Crippen LogP contribution in [0.2, 0.25) is 0 Å². The van der Waals surface area contributed by atoms with Gasteiger partial charge in [0.05, 0.1) is 6.42 Å². The summed E-state index contributed by atoms with van der Waals surface area (Å²) in [6.07, 6.45) is 5.94. The molecule has 17 heavy (non-hydrogen) atoms. The molecule has 2 saturated heterocycles. The second-order valence-corrected chi connectivity index (χ2v) is 5.27. The molecule has 5 heteroatoms. The van der Waals surface area contributed by atoms with Crippen molar-refractivity contribution in [2.45, 2.75) is 50.6 Å². The minimum atomic E-state index is -0.304. The van der Waals surface area contributed by atoms with E-state index in [1.807, 2.05) is 0 Å². The zero-order valence-electron chi connectivity index (χ0n) is 10.0. The van der Waals surface area contributed by atoms with Crippen LogP contribution in [0.1, 0.15) is 38.5 Å². The Morgan fingerprint density at radius 1 is 1.06 bits per heavy atom. The summed E-state index contributed by atoms with van der Waals surface area (Å²) in [6, 6.07) is -0.0932. The van der Waals surface area contributed by atoms with E-state index in [-0.39, 0.29) is 23.9 Å². The van der Waals surface area contributed by atoms with Gasteiger partial charge in [-0.15, -0.1) is 0 Å². The van der Waals surface area contributed by atoms with Crippen molar-refractivity contribution < 1.29 is 9.59 Å². The Bertz CT molecular complexity index is 335. The van der Waals surface area contributed by atoms with Gasteiger partial charge in [0.2, 0.25) is 11.8 Å². The van der Waals surface area contributed by atoms with Crippen molar-refractivity contribution in [3.05, 3.63) is 0 Å². The highest BCUT2D eigenvalue weighted by Crippen LogP contribution is 2.31. The topological polar surface area (TPSA) is 52.7 Å². The third-order valence-electron chi connectivity index (χ3n) is 3.79. The van der Waals surface area contributed by atoms with Crippen molar-refractivity contribution >= 4 is 11.8 Å². The summed E-state index contributed by atoms with van der Waals surface area (Å²) in [7, 11) is 0. The van der Waals surface area contributed by atoms with Gasteiger partial charge in [0.25, 0.3) is 0 Å². The Morgan fingerprint density at radius 2 is 1.76 bits per heavy atom. The van der Waals surface area contributed by atoms with Crippen LogP contribution in [0, 0.1) is 0 Å². The van der Waals surface area contributed by atoms with Crippen molar-refractivity contribution in [2.75, 3.05) is 13.1 Å². The smallest absolute Gasteiger partial charge is 0.248 e. The van der Waals surface area contributed by atoms with Crippen LogP contribution in [0.3, 0.4) is 0 Å². The molecule has 0 spiro atoms. The van der Waals surface area contributed by atoms with E-state index in [0.717, 1.165) is 25.9 Å². The number of likely N-dealkylation sites (tertiary alicyclic amines) is 1. The van der Waals surface area contributed by atoms with Crippen LogP contribution in [-0.2, 0) is 9.59 Å². The first kappa shape index (κ1) is 11.2. The predicted octanol–water partition coefficient (Wildman–Crippen LogP) is 0.267. The van der Waals surface area contributed by atoms with Crippen molar-refractivity contribution in [3.8, 4) is 0 Å². The largest absolute Gasteiger partial charge is 0.278 e. The molecule has 0 bridgehead atoms.